The van der Waals surface area contributed by atoms with Crippen LogP contribution in [0.25, 0.3) is 0 Å². The van der Waals surface area contributed by atoms with Crippen LogP contribution >= 0.6 is 11.6 Å². The second-order valence-electron chi connectivity index (χ2n) is 7.43. The maximum Gasteiger partial charge on any atom is 0.246 e. The van der Waals surface area contributed by atoms with Crippen LogP contribution in [0.5, 0.6) is 0 Å². The number of nitrogens with zero attached hydrogens (tertiary/aromatic N) is 4. The van der Waals surface area contributed by atoms with E-state index in [0.29, 0.717) is 36.1 Å². The van der Waals surface area contributed by atoms with Gasteiger partial charge in [-0.15, -0.1) is 0 Å². The monoisotopic (exact) mass is 434 g/mol. The van der Waals surface area contributed by atoms with Crippen LogP contribution in [0.1, 0.15) is 41.7 Å². The van der Waals surface area contributed by atoms with E-state index in [0.717, 1.165) is 24.2 Å². The minimum absolute atomic E-state index is 0.0661. The summed E-state index contributed by atoms with van der Waals surface area (Å²) < 4.78 is 35.2. The van der Waals surface area contributed by atoms with Crippen molar-refractivity contribution in [1.82, 2.24) is 19.1 Å². The Balaban J connectivity index is 1.50. The standard InChI is InChI=1S/C20H23ClN4O3S/c1-14-19(13-24(2)23-14)29(26,27)25-8-4-6-16(12-25)20-22-11-18(28-20)10-15-5-3-7-17(21)9-15/h3,5,7,9,11,13,16H,4,6,8,10,12H2,1-2H3. The van der Waals surface area contributed by atoms with Crippen molar-refractivity contribution in [2.24, 2.45) is 7.05 Å². The number of hydrogen-bond donors (Lipinski definition) is 0. The summed E-state index contributed by atoms with van der Waals surface area (Å²) in [6.45, 7) is 2.56. The van der Waals surface area contributed by atoms with E-state index in [4.69, 9.17) is 16.0 Å². The number of benzene rings is 1. The van der Waals surface area contributed by atoms with Crippen molar-refractivity contribution in [1.29, 1.82) is 0 Å². The summed E-state index contributed by atoms with van der Waals surface area (Å²) in [4.78, 5) is 4.69. The molecule has 0 saturated carbocycles. The second kappa shape index (κ2) is 7.93. The third-order valence-electron chi connectivity index (χ3n) is 5.16. The molecule has 0 spiro atoms. The molecule has 0 bridgehead atoms. The van der Waals surface area contributed by atoms with E-state index in [1.165, 1.54) is 8.99 Å². The van der Waals surface area contributed by atoms with Crippen LogP contribution in [0.15, 0.2) is 46.0 Å². The third-order valence-corrected chi connectivity index (χ3v) is 7.36. The van der Waals surface area contributed by atoms with Gasteiger partial charge in [0.1, 0.15) is 10.7 Å². The molecule has 0 amide bonds. The Morgan fingerprint density at radius 2 is 2.17 bits per heavy atom. The molecule has 3 aromatic rings. The van der Waals surface area contributed by atoms with Crippen molar-refractivity contribution in [2.45, 2.75) is 37.0 Å². The van der Waals surface area contributed by atoms with Gasteiger partial charge in [0.25, 0.3) is 0 Å². The summed E-state index contributed by atoms with van der Waals surface area (Å²) in [6.07, 6.45) is 5.47. The zero-order chi connectivity index (χ0) is 20.6. The van der Waals surface area contributed by atoms with E-state index in [-0.39, 0.29) is 10.8 Å². The molecule has 3 heterocycles. The van der Waals surface area contributed by atoms with Gasteiger partial charge in [-0.05, 0) is 37.5 Å². The van der Waals surface area contributed by atoms with E-state index in [1.54, 1.807) is 26.4 Å². The van der Waals surface area contributed by atoms with Gasteiger partial charge in [-0.3, -0.25) is 4.68 Å². The number of aromatic nitrogens is 3. The van der Waals surface area contributed by atoms with Crippen LogP contribution in [0.2, 0.25) is 5.02 Å². The normalized spacial score (nSPS) is 18.2. The fraction of sp³-hybridized carbons (Fsp3) is 0.400. The largest absolute Gasteiger partial charge is 0.445 e. The summed E-state index contributed by atoms with van der Waals surface area (Å²) in [6, 6.07) is 7.62. The van der Waals surface area contributed by atoms with Gasteiger partial charge in [-0.1, -0.05) is 23.7 Å². The summed E-state index contributed by atoms with van der Waals surface area (Å²) in [5, 5.41) is 4.85. The molecule has 154 valence electrons. The Morgan fingerprint density at radius 3 is 2.90 bits per heavy atom. The van der Waals surface area contributed by atoms with Crippen molar-refractivity contribution < 1.29 is 12.8 Å². The van der Waals surface area contributed by atoms with E-state index in [9.17, 15) is 8.42 Å². The van der Waals surface area contributed by atoms with Crippen LogP contribution in [0.3, 0.4) is 0 Å². The molecule has 1 aliphatic heterocycles. The maximum atomic E-state index is 13.1. The fourth-order valence-electron chi connectivity index (χ4n) is 3.77. The number of halogens is 1. The van der Waals surface area contributed by atoms with E-state index in [2.05, 4.69) is 10.1 Å². The van der Waals surface area contributed by atoms with Gasteiger partial charge in [0.05, 0.1) is 11.9 Å². The van der Waals surface area contributed by atoms with Gasteiger partial charge in [0, 0.05) is 43.7 Å². The minimum Gasteiger partial charge on any atom is -0.445 e. The third kappa shape index (κ3) is 4.24. The first kappa shape index (κ1) is 20.1. The average Bonchev–Trinajstić information content (AvgIpc) is 3.28. The fourth-order valence-corrected chi connectivity index (χ4v) is 5.71. The Labute approximate surface area is 175 Å². The van der Waals surface area contributed by atoms with Crippen molar-refractivity contribution in [3.63, 3.8) is 0 Å². The molecule has 0 N–H and O–H groups in total. The SMILES string of the molecule is Cc1nn(C)cc1S(=O)(=O)N1CCCC(c2ncc(Cc3cccc(Cl)c3)o2)C1. The zero-order valence-corrected chi connectivity index (χ0v) is 17.9. The molecule has 7 nitrogen and oxygen atoms in total. The molecule has 1 aliphatic rings. The summed E-state index contributed by atoms with van der Waals surface area (Å²) >= 11 is 6.05. The lowest BCUT2D eigenvalue weighted by atomic mass is 10.00. The van der Waals surface area contributed by atoms with Crippen LogP contribution in [-0.2, 0) is 23.5 Å². The number of aryl methyl sites for hydroxylation is 2. The Hall–Kier alpha value is -2.16. The van der Waals surface area contributed by atoms with Crippen molar-refractivity contribution in [2.75, 3.05) is 13.1 Å². The molecule has 1 fully saturated rings. The van der Waals surface area contributed by atoms with Crippen molar-refractivity contribution in [3.8, 4) is 0 Å². The minimum atomic E-state index is -3.59. The highest BCUT2D eigenvalue weighted by Crippen LogP contribution is 2.31. The number of oxazole rings is 1. The van der Waals surface area contributed by atoms with Crippen LogP contribution in [-0.4, -0.2) is 40.6 Å². The zero-order valence-electron chi connectivity index (χ0n) is 16.4. The van der Waals surface area contributed by atoms with Gasteiger partial charge >= 0.3 is 0 Å². The topological polar surface area (TPSA) is 81.2 Å². The lowest BCUT2D eigenvalue weighted by Gasteiger charge is -2.30. The molecule has 4 rings (SSSR count). The average molecular weight is 435 g/mol. The molecule has 29 heavy (non-hydrogen) atoms. The second-order valence-corrected chi connectivity index (χ2v) is 9.77. The quantitative estimate of drug-likeness (QED) is 0.613. The highest BCUT2D eigenvalue weighted by Gasteiger charge is 2.34. The predicted molar refractivity (Wildman–Crippen MR) is 109 cm³/mol. The van der Waals surface area contributed by atoms with E-state index < -0.39 is 10.0 Å². The highest BCUT2D eigenvalue weighted by molar-refractivity contribution is 7.89. The van der Waals surface area contributed by atoms with Gasteiger partial charge < -0.3 is 4.42 Å². The predicted octanol–water partition coefficient (Wildman–Crippen LogP) is 3.53. The van der Waals surface area contributed by atoms with Crippen LogP contribution < -0.4 is 0 Å². The van der Waals surface area contributed by atoms with Gasteiger partial charge in [0.15, 0.2) is 5.89 Å². The maximum absolute atomic E-state index is 13.1. The molecule has 0 aliphatic carbocycles. The van der Waals surface area contributed by atoms with Crippen molar-refractivity contribution >= 4 is 21.6 Å². The van der Waals surface area contributed by atoms with E-state index in [1.807, 2.05) is 24.3 Å². The molecule has 0 radical (unpaired) electrons. The summed E-state index contributed by atoms with van der Waals surface area (Å²) in [5.74, 6) is 1.26. The first-order valence-corrected chi connectivity index (χ1v) is 11.3. The molecular weight excluding hydrogens is 412 g/mol. The van der Waals surface area contributed by atoms with Crippen LogP contribution in [0.4, 0.5) is 0 Å². The lowest BCUT2D eigenvalue weighted by molar-refractivity contribution is 0.281. The Kier molecular flexibility index (Phi) is 5.50. The lowest BCUT2D eigenvalue weighted by Crippen LogP contribution is -2.39. The molecular formula is C20H23ClN4O3S. The molecule has 1 aromatic carbocycles. The first-order chi connectivity index (χ1) is 13.8. The Bertz CT molecular complexity index is 1120. The molecule has 9 heteroatoms. The number of hydrogen-bond acceptors (Lipinski definition) is 5. The molecule has 1 saturated heterocycles. The van der Waals surface area contributed by atoms with Crippen molar-refractivity contribution in [3.05, 3.63) is 64.6 Å². The number of piperidine rings is 1. The molecule has 1 atom stereocenters. The van der Waals surface area contributed by atoms with E-state index >= 15 is 0 Å². The Morgan fingerprint density at radius 1 is 1.34 bits per heavy atom. The molecule has 1 unspecified atom stereocenters. The first-order valence-electron chi connectivity index (χ1n) is 9.52. The summed E-state index contributed by atoms with van der Waals surface area (Å²) in [5.41, 5.74) is 1.55. The smallest absolute Gasteiger partial charge is 0.246 e. The van der Waals surface area contributed by atoms with Crippen LogP contribution in [0, 0.1) is 6.92 Å². The summed E-state index contributed by atoms with van der Waals surface area (Å²) in [7, 11) is -1.87. The van der Waals surface area contributed by atoms with Gasteiger partial charge in [-0.2, -0.15) is 9.40 Å². The number of rotatable bonds is 5. The van der Waals surface area contributed by atoms with Gasteiger partial charge in [-0.25, -0.2) is 13.4 Å². The van der Waals surface area contributed by atoms with Gasteiger partial charge in [0.2, 0.25) is 10.0 Å². The highest BCUT2D eigenvalue weighted by atomic mass is 35.5. The molecule has 2 aromatic heterocycles. The number of sulfonamides is 1.